The molecule has 0 radical (unpaired) electrons. The van der Waals surface area contributed by atoms with Gasteiger partial charge in [-0.1, -0.05) is 13.8 Å². The zero-order valence-corrected chi connectivity index (χ0v) is 14.8. The van der Waals surface area contributed by atoms with Crippen molar-refractivity contribution in [3.05, 3.63) is 24.3 Å². The Labute approximate surface area is 141 Å². The Bertz CT molecular complexity index is 668. The van der Waals surface area contributed by atoms with Crippen LogP contribution in [0.5, 0.6) is 5.75 Å². The molecule has 8 nitrogen and oxygen atoms in total. The minimum atomic E-state index is -3.94. The standard InChI is InChI=1S/C15H21NO7S/c1-10(2)14(15(18)23-9-13(17)22-4)16-24(19,20)12-7-5-11(21-3)6-8-12/h5-8,10,14,16H,9H2,1-4H3/t14-/m0/s1. The average Bonchev–Trinajstić information content (AvgIpc) is 2.57. The molecule has 1 rings (SSSR count). The Hall–Kier alpha value is -2.13. The molecule has 0 aliphatic heterocycles. The SMILES string of the molecule is COC(=O)COC(=O)[C@@H](NS(=O)(=O)c1ccc(OC)cc1)C(C)C. The fourth-order valence-electron chi connectivity index (χ4n) is 1.73. The molecule has 24 heavy (non-hydrogen) atoms. The molecule has 1 aromatic rings. The Morgan fingerprint density at radius 2 is 1.71 bits per heavy atom. The van der Waals surface area contributed by atoms with E-state index < -0.39 is 34.6 Å². The van der Waals surface area contributed by atoms with Crippen molar-refractivity contribution < 1.29 is 32.2 Å². The summed E-state index contributed by atoms with van der Waals surface area (Å²) < 4.78 is 41.2. The molecule has 134 valence electrons. The van der Waals surface area contributed by atoms with Gasteiger partial charge < -0.3 is 14.2 Å². The van der Waals surface area contributed by atoms with Crippen molar-refractivity contribution in [2.75, 3.05) is 20.8 Å². The molecule has 0 fully saturated rings. The van der Waals surface area contributed by atoms with Crippen LogP contribution >= 0.6 is 0 Å². The monoisotopic (exact) mass is 359 g/mol. The van der Waals surface area contributed by atoms with Crippen LogP contribution in [0.3, 0.4) is 0 Å². The molecule has 1 aromatic carbocycles. The van der Waals surface area contributed by atoms with Crippen molar-refractivity contribution in [1.82, 2.24) is 4.72 Å². The summed E-state index contributed by atoms with van der Waals surface area (Å²) in [4.78, 5) is 23.0. The molecule has 0 amide bonds. The molecule has 0 heterocycles. The van der Waals surface area contributed by atoms with Gasteiger partial charge in [0.2, 0.25) is 10.0 Å². The van der Waals surface area contributed by atoms with Crippen LogP contribution in [0.4, 0.5) is 0 Å². The Balaban J connectivity index is 2.89. The third-order valence-electron chi connectivity index (χ3n) is 3.13. The molecule has 9 heteroatoms. The summed E-state index contributed by atoms with van der Waals surface area (Å²) in [5.74, 6) is -1.47. The number of benzene rings is 1. The number of nitrogens with one attached hydrogen (secondary N) is 1. The van der Waals surface area contributed by atoms with Crippen molar-refractivity contribution in [3.8, 4) is 5.75 Å². The summed E-state index contributed by atoms with van der Waals surface area (Å²) in [6.45, 7) is 2.73. The Morgan fingerprint density at radius 1 is 1.12 bits per heavy atom. The first kappa shape index (κ1) is 19.9. The lowest BCUT2D eigenvalue weighted by Gasteiger charge is -2.20. The Morgan fingerprint density at radius 3 is 2.17 bits per heavy atom. The van der Waals surface area contributed by atoms with Crippen LogP contribution in [-0.4, -0.2) is 47.2 Å². The predicted octanol–water partition coefficient (Wildman–Crippen LogP) is 0.714. The van der Waals surface area contributed by atoms with E-state index in [1.54, 1.807) is 13.8 Å². The molecule has 1 N–H and O–H groups in total. The number of sulfonamides is 1. The van der Waals surface area contributed by atoms with Gasteiger partial charge in [0, 0.05) is 0 Å². The number of esters is 2. The zero-order valence-electron chi connectivity index (χ0n) is 13.9. The van der Waals surface area contributed by atoms with Gasteiger partial charge in [0.15, 0.2) is 6.61 Å². The summed E-state index contributed by atoms with van der Waals surface area (Å²) in [6, 6.07) is 4.57. The molecule has 0 unspecified atom stereocenters. The molecular weight excluding hydrogens is 338 g/mol. The smallest absolute Gasteiger partial charge is 0.344 e. The van der Waals surface area contributed by atoms with E-state index in [-0.39, 0.29) is 10.8 Å². The highest BCUT2D eigenvalue weighted by molar-refractivity contribution is 7.89. The van der Waals surface area contributed by atoms with Gasteiger partial charge in [-0.3, -0.25) is 4.79 Å². The van der Waals surface area contributed by atoms with Crippen LogP contribution in [0.2, 0.25) is 0 Å². The largest absolute Gasteiger partial charge is 0.497 e. The fourth-order valence-corrected chi connectivity index (χ4v) is 3.06. The Kier molecular flexibility index (Phi) is 7.18. The van der Waals surface area contributed by atoms with Gasteiger partial charge in [-0.2, -0.15) is 4.72 Å². The normalized spacial score (nSPS) is 12.5. The molecule has 0 aromatic heterocycles. The second-order valence-electron chi connectivity index (χ2n) is 5.20. The van der Waals surface area contributed by atoms with E-state index >= 15 is 0 Å². The van der Waals surface area contributed by atoms with E-state index in [0.717, 1.165) is 7.11 Å². The second-order valence-corrected chi connectivity index (χ2v) is 6.92. The van der Waals surface area contributed by atoms with E-state index in [2.05, 4.69) is 9.46 Å². The first-order chi connectivity index (χ1) is 11.2. The minimum absolute atomic E-state index is 0.0188. The third-order valence-corrected chi connectivity index (χ3v) is 4.59. The lowest BCUT2D eigenvalue weighted by Crippen LogP contribution is -2.45. The number of carbonyl (C=O) groups excluding carboxylic acids is 2. The number of carbonyl (C=O) groups is 2. The van der Waals surface area contributed by atoms with Crippen LogP contribution in [-0.2, 0) is 29.1 Å². The van der Waals surface area contributed by atoms with Crippen LogP contribution < -0.4 is 9.46 Å². The zero-order chi connectivity index (χ0) is 18.3. The van der Waals surface area contributed by atoms with Gasteiger partial charge in [0.05, 0.1) is 19.1 Å². The average molecular weight is 359 g/mol. The van der Waals surface area contributed by atoms with Gasteiger partial charge in [-0.15, -0.1) is 0 Å². The van der Waals surface area contributed by atoms with Crippen LogP contribution in [0, 0.1) is 5.92 Å². The highest BCUT2D eigenvalue weighted by Crippen LogP contribution is 2.17. The summed E-state index contributed by atoms with van der Waals surface area (Å²) >= 11 is 0. The first-order valence-corrected chi connectivity index (χ1v) is 8.59. The second kappa shape index (κ2) is 8.65. The number of rotatable bonds is 8. The molecule has 0 saturated carbocycles. The van der Waals surface area contributed by atoms with E-state index in [1.165, 1.54) is 31.4 Å². The maximum atomic E-state index is 12.4. The fraction of sp³-hybridized carbons (Fsp3) is 0.467. The van der Waals surface area contributed by atoms with Gasteiger partial charge in [-0.25, -0.2) is 13.2 Å². The number of ether oxygens (including phenoxy) is 3. The lowest BCUT2D eigenvalue weighted by atomic mass is 10.1. The van der Waals surface area contributed by atoms with Crippen molar-refractivity contribution in [2.45, 2.75) is 24.8 Å². The van der Waals surface area contributed by atoms with Crippen LogP contribution in [0.1, 0.15) is 13.8 Å². The highest BCUT2D eigenvalue weighted by Gasteiger charge is 2.30. The predicted molar refractivity (Wildman–Crippen MR) is 84.9 cm³/mol. The molecular formula is C15H21NO7S. The summed E-state index contributed by atoms with van der Waals surface area (Å²) in [6.07, 6.45) is 0. The van der Waals surface area contributed by atoms with Gasteiger partial charge in [0.1, 0.15) is 11.8 Å². The first-order valence-electron chi connectivity index (χ1n) is 7.11. The van der Waals surface area contributed by atoms with Crippen molar-refractivity contribution in [3.63, 3.8) is 0 Å². The lowest BCUT2D eigenvalue weighted by molar-refractivity contribution is -0.158. The minimum Gasteiger partial charge on any atom is -0.497 e. The van der Waals surface area contributed by atoms with Crippen LogP contribution in [0.15, 0.2) is 29.2 Å². The summed E-state index contributed by atoms with van der Waals surface area (Å²) in [7, 11) is -1.32. The van der Waals surface area contributed by atoms with E-state index in [0.29, 0.717) is 5.75 Å². The molecule has 0 saturated heterocycles. The number of methoxy groups -OCH3 is 2. The van der Waals surface area contributed by atoms with Crippen molar-refractivity contribution in [2.24, 2.45) is 5.92 Å². The molecule has 0 aliphatic rings. The van der Waals surface area contributed by atoms with Crippen LogP contribution in [0.25, 0.3) is 0 Å². The van der Waals surface area contributed by atoms with Crippen molar-refractivity contribution in [1.29, 1.82) is 0 Å². The number of hydrogen-bond donors (Lipinski definition) is 1. The quantitative estimate of drug-likeness (QED) is 0.681. The van der Waals surface area contributed by atoms with E-state index in [1.807, 2.05) is 0 Å². The molecule has 0 spiro atoms. The molecule has 0 bridgehead atoms. The third kappa shape index (κ3) is 5.50. The van der Waals surface area contributed by atoms with Gasteiger partial charge in [-0.05, 0) is 30.2 Å². The van der Waals surface area contributed by atoms with Gasteiger partial charge in [0.25, 0.3) is 0 Å². The maximum absolute atomic E-state index is 12.4. The number of hydrogen-bond acceptors (Lipinski definition) is 7. The highest BCUT2D eigenvalue weighted by atomic mass is 32.2. The summed E-state index contributed by atoms with van der Waals surface area (Å²) in [5, 5.41) is 0. The molecule has 1 atom stereocenters. The maximum Gasteiger partial charge on any atom is 0.344 e. The summed E-state index contributed by atoms with van der Waals surface area (Å²) in [5.41, 5.74) is 0. The van der Waals surface area contributed by atoms with Crippen molar-refractivity contribution >= 4 is 22.0 Å². The van der Waals surface area contributed by atoms with Gasteiger partial charge >= 0.3 is 11.9 Å². The topological polar surface area (TPSA) is 108 Å². The molecule has 0 aliphatic carbocycles. The van der Waals surface area contributed by atoms with E-state index in [9.17, 15) is 18.0 Å². The van der Waals surface area contributed by atoms with E-state index in [4.69, 9.17) is 9.47 Å².